The predicted octanol–water partition coefficient (Wildman–Crippen LogP) is 1.83. The number of amides is 1. The molecule has 0 saturated heterocycles. The molecular weight excluding hydrogens is 315 g/mol. The molecule has 1 amide bonds. The quantitative estimate of drug-likeness (QED) is 0.710. The van der Waals surface area contributed by atoms with Gasteiger partial charge in [0.2, 0.25) is 5.91 Å². The van der Waals surface area contributed by atoms with Gasteiger partial charge in [0, 0.05) is 6.54 Å². The lowest BCUT2D eigenvalue weighted by Crippen LogP contribution is -2.46. The van der Waals surface area contributed by atoms with Gasteiger partial charge in [-0.05, 0) is 18.1 Å². The number of rotatable bonds is 7. The summed E-state index contributed by atoms with van der Waals surface area (Å²) < 4.78 is 5.37. The molecule has 0 aliphatic carbocycles. The van der Waals surface area contributed by atoms with E-state index in [1.807, 2.05) is 13.8 Å². The first-order chi connectivity index (χ1) is 9.82. The Morgan fingerprint density at radius 1 is 1.43 bits per heavy atom. The molecule has 1 aromatic rings. The Balaban J connectivity index is 2.39. The zero-order valence-electron chi connectivity index (χ0n) is 12.0. The Bertz CT molecular complexity index is 483. The van der Waals surface area contributed by atoms with Crippen LogP contribution in [0, 0.1) is 5.92 Å². The topological polar surface area (TPSA) is 84.6 Å². The van der Waals surface area contributed by atoms with E-state index < -0.39 is 12.1 Å². The third kappa shape index (κ3) is 5.71. The van der Waals surface area contributed by atoms with Crippen LogP contribution in [0.25, 0.3) is 0 Å². The summed E-state index contributed by atoms with van der Waals surface area (Å²) in [6.45, 7) is 3.74. The number of benzene rings is 1. The zero-order valence-corrected chi connectivity index (χ0v) is 13.5. The summed E-state index contributed by atoms with van der Waals surface area (Å²) in [4.78, 5) is 11.6. The molecule has 0 radical (unpaired) electrons. The minimum Gasteiger partial charge on any atom is -0.489 e. The van der Waals surface area contributed by atoms with Crippen LogP contribution in [0.1, 0.15) is 13.8 Å². The van der Waals surface area contributed by atoms with Crippen molar-refractivity contribution in [1.29, 1.82) is 0 Å². The van der Waals surface area contributed by atoms with Crippen LogP contribution in [0.5, 0.6) is 5.75 Å². The maximum absolute atomic E-state index is 11.6. The van der Waals surface area contributed by atoms with Crippen molar-refractivity contribution in [1.82, 2.24) is 5.32 Å². The molecule has 5 nitrogen and oxygen atoms in total. The van der Waals surface area contributed by atoms with Crippen LogP contribution in [0.2, 0.25) is 10.0 Å². The van der Waals surface area contributed by atoms with Gasteiger partial charge in [-0.25, -0.2) is 0 Å². The van der Waals surface area contributed by atoms with Gasteiger partial charge in [-0.15, -0.1) is 0 Å². The lowest BCUT2D eigenvalue weighted by atomic mass is 10.1. The summed E-state index contributed by atoms with van der Waals surface area (Å²) in [5, 5.41) is 13.0. The Morgan fingerprint density at radius 2 is 2.10 bits per heavy atom. The van der Waals surface area contributed by atoms with Gasteiger partial charge < -0.3 is 20.9 Å². The average molecular weight is 335 g/mol. The first kappa shape index (κ1) is 18.0. The lowest BCUT2D eigenvalue weighted by molar-refractivity contribution is -0.123. The van der Waals surface area contributed by atoms with Crippen LogP contribution in [0.3, 0.4) is 0 Å². The molecule has 0 heterocycles. The number of aliphatic hydroxyl groups excluding tert-OH is 1. The van der Waals surface area contributed by atoms with Gasteiger partial charge in [-0.3, -0.25) is 4.79 Å². The molecule has 0 spiro atoms. The largest absolute Gasteiger partial charge is 0.489 e. The predicted molar refractivity (Wildman–Crippen MR) is 83.8 cm³/mol. The van der Waals surface area contributed by atoms with Crippen molar-refractivity contribution in [2.24, 2.45) is 11.7 Å². The first-order valence-electron chi connectivity index (χ1n) is 6.61. The van der Waals surface area contributed by atoms with Gasteiger partial charge in [0.15, 0.2) is 0 Å². The Hall–Kier alpha value is -1.01. The first-order valence-corrected chi connectivity index (χ1v) is 7.36. The summed E-state index contributed by atoms with van der Waals surface area (Å²) in [6, 6.07) is 4.38. The highest BCUT2D eigenvalue weighted by molar-refractivity contribution is 6.42. The van der Waals surface area contributed by atoms with Gasteiger partial charge >= 0.3 is 0 Å². The van der Waals surface area contributed by atoms with E-state index in [4.69, 9.17) is 33.7 Å². The van der Waals surface area contributed by atoms with E-state index in [9.17, 15) is 9.90 Å². The molecule has 1 rings (SSSR count). The van der Waals surface area contributed by atoms with Crippen molar-refractivity contribution in [2.75, 3.05) is 13.2 Å². The fourth-order valence-electron chi connectivity index (χ4n) is 1.48. The minimum absolute atomic E-state index is 0.0166. The molecule has 0 fully saturated rings. The molecule has 4 N–H and O–H groups in total. The maximum Gasteiger partial charge on any atom is 0.237 e. The highest BCUT2D eigenvalue weighted by Gasteiger charge is 2.18. The van der Waals surface area contributed by atoms with E-state index in [0.717, 1.165) is 0 Å². The molecule has 7 heteroatoms. The molecule has 0 aliphatic rings. The van der Waals surface area contributed by atoms with Crippen LogP contribution in [-0.4, -0.2) is 36.3 Å². The SMILES string of the molecule is CC(C)[C@H](N)C(=O)NCC(O)COc1cccc(Cl)c1Cl. The lowest BCUT2D eigenvalue weighted by Gasteiger charge is -2.18. The molecule has 118 valence electrons. The van der Waals surface area contributed by atoms with E-state index in [2.05, 4.69) is 5.32 Å². The Morgan fingerprint density at radius 3 is 2.71 bits per heavy atom. The van der Waals surface area contributed by atoms with Crippen LogP contribution < -0.4 is 15.8 Å². The fourth-order valence-corrected chi connectivity index (χ4v) is 1.83. The van der Waals surface area contributed by atoms with Crippen molar-refractivity contribution in [3.8, 4) is 5.75 Å². The number of ether oxygens (including phenoxy) is 1. The van der Waals surface area contributed by atoms with Gasteiger partial charge in [0.1, 0.15) is 23.5 Å². The summed E-state index contributed by atoms with van der Waals surface area (Å²) >= 11 is 11.8. The normalized spacial score (nSPS) is 13.9. The third-order valence-corrected chi connectivity index (χ3v) is 3.68. The molecule has 2 atom stereocenters. The molecule has 21 heavy (non-hydrogen) atoms. The molecule has 1 unspecified atom stereocenters. The van der Waals surface area contributed by atoms with Crippen LogP contribution in [-0.2, 0) is 4.79 Å². The van der Waals surface area contributed by atoms with Crippen molar-refractivity contribution >= 4 is 29.1 Å². The van der Waals surface area contributed by atoms with E-state index in [0.29, 0.717) is 10.8 Å². The van der Waals surface area contributed by atoms with Gasteiger partial charge in [-0.1, -0.05) is 43.1 Å². The van der Waals surface area contributed by atoms with E-state index in [-0.39, 0.29) is 30.0 Å². The number of hydrogen-bond acceptors (Lipinski definition) is 4. The molecular formula is C14H20Cl2N2O3. The average Bonchev–Trinajstić information content (AvgIpc) is 2.45. The maximum atomic E-state index is 11.6. The number of nitrogens with two attached hydrogens (primary N) is 1. The van der Waals surface area contributed by atoms with Gasteiger partial charge in [-0.2, -0.15) is 0 Å². The smallest absolute Gasteiger partial charge is 0.237 e. The second-order valence-electron chi connectivity index (χ2n) is 5.03. The van der Waals surface area contributed by atoms with Crippen LogP contribution in [0.4, 0.5) is 0 Å². The van der Waals surface area contributed by atoms with E-state index in [1.54, 1.807) is 18.2 Å². The van der Waals surface area contributed by atoms with Gasteiger partial charge in [0.25, 0.3) is 0 Å². The molecule has 1 aromatic carbocycles. The fraction of sp³-hybridized carbons (Fsp3) is 0.500. The number of carbonyl (C=O) groups is 1. The highest BCUT2D eigenvalue weighted by atomic mass is 35.5. The Kier molecular flexibility index (Phi) is 7.25. The number of carbonyl (C=O) groups excluding carboxylic acids is 1. The second-order valence-corrected chi connectivity index (χ2v) is 5.82. The zero-order chi connectivity index (χ0) is 16.0. The van der Waals surface area contributed by atoms with Crippen molar-refractivity contribution in [2.45, 2.75) is 26.0 Å². The standard InChI is InChI=1S/C14H20Cl2N2O3/c1-8(2)13(17)14(20)18-6-9(19)7-21-11-5-3-4-10(15)12(11)16/h3-5,8-9,13,19H,6-7,17H2,1-2H3,(H,18,20)/t9?,13-/m0/s1. The summed E-state index contributed by atoms with van der Waals surface area (Å²) in [7, 11) is 0. The summed E-state index contributed by atoms with van der Waals surface area (Å²) in [6.07, 6.45) is -0.872. The summed E-state index contributed by atoms with van der Waals surface area (Å²) in [5.41, 5.74) is 5.69. The number of nitrogens with one attached hydrogen (secondary N) is 1. The third-order valence-electron chi connectivity index (χ3n) is 2.88. The van der Waals surface area contributed by atoms with Crippen molar-refractivity contribution < 1.29 is 14.6 Å². The highest BCUT2D eigenvalue weighted by Crippen LogP contribution is 2.31. The Labute approximate surface area is 134 Å². The van der Waals surface area contributed by atoms with E-state index >= 15 is 0 Å². The number of halogens is 2. The molecule has 0 saturated carbocycles. The van der Waals surface area contributed by atoms with Crippen LogP contribution in [0.15, 0.2) is 18.2 Å². The molecule has 0 bridgehead atoms. The monoisotopic (exact) mass is 334 g/mol. The number of hydrogen-bond donors (Lipinski definition) is 3. The van der Waals surface area contributed by atoms with Crippen molar-refractivity contribution in [3.05, 3.63) is 28.2 Å². The van der Waals surface area contributed by atoms with Crippen molar-refractivity contribution in [3.63, 3.8) is 0 Å². The number of aliphatic hydroxyl groups is 1. The van der Waals surface area contributed by atoms with Crippen LogP contribution >= 0.6 is 23.2 Å². The van der Waals surface area contributed by atoms with Gasteiger partial charge in [0.05, 0.1) is 11.1 Å². The summed E-state index contributed by atoms with van der Waals surface area (Å²) in [5.74, 6) is 0.113. The molecule has 0 aliphatic heterocycles. The molecule has 0 aromatic heterocycles. The second kappa shape index (κ2) is 8.44. The van der Waals surface area contributed by atoms with E-state index in [1.165, 1.54) is 0 Å². The minimum atomic E-state index is -0.872.